The third-order valence-corrected chi connectivity index (χ3v) is 3.15. The molecule has 1 heterocycles. The number of hydrogen-bond donors (Lipinski definition) is 2. The lowest BCUT2D eigenvalue weighted by Crippen LogP contribution is -2.47. The van der Waals surface area contributed by atoms with Gasteiger partial charge in [0.1, 0.15) is 0 Å². The second kappa shape index (κ2) is 8.74. The number of carbonyl (C=O) groups excluding carboxylic acids is 1. The van der Waals surface area contributed by atoms with Crippen molar-refractivity contribution in [1.82, 2.24) is 10.2 Å². The van der Waals surface area contributed by atoms with Crippen molar-refractivity contribution in [3.63, 3.8) is 0 Å². The summed E-state index contributed by atoms with van der Waals surface area (Å²) < 4.78 is 5.32. The standard InChI is InChI=1S/C13H24N2O4/c1-2-8-19-9-4-6-14-13(18)15-7-3-5-11(10-15)12(16)17/h11H,2-10H2,1H3,(H,14,18)(H,16,17)/t11-/m1/s1. The van der Waals surface area contributed by atoms with Gasteiger partial charge in [-0.25, -0.2) is 4.79 Å². The zero-order valence-electron chi connectivity index (χ0n) is 11.6. The van der Waals surface area contributed by atoms with Crippen LogP contribution in [0.5, 0.6) is 0 Å². The summed E-state index contributed by atoms with van der Waals surface area (Å²) in [6.45, 7) is 4.97. The highest BCUT2D eigenvalue weighted by molar-refractivity contribution is 5.76. The maximum atomic E-state index is 11.8. The van der Waals surface area contributed by atoms with E-state index < -0.39 is 11.9 Å². The molecule has 0 bridgehead atoms. The van der Waals surface area contributed by atoms with Gasteiger partial charge in [0, 0.05) is 32.8 Å². The van der Waals surface area contributed by atoms with E-state index in [4.69, 9.17) is 9.84 Å². The van der Waals surface area contributed by atoms with Gasteiger partial charge in [-0.1, -0.05) is 6.92 Å². The lowest BCUT2D eigenvalue weighted by molar-refractivity contribution is -0.143. The Morgan fingerprint density at radius 1 is 1.42 bits per heavy atom. The van der Waals surface area contributed by atoms with E-state index in [1.54, 1.807) is 4.90 Å². The number of rotatable bonds is 7. The van der Waals surface area contributed by atoms with Crippen LogP contribution in [0.25, 0.3) is 0 Å². The van der Waals surface area contributed by atoms with Crippen LogP contribution in [0, 0.1) is 5.92 Å². The Labute approximate surface area is 114 Å². The number of nitrogens with zero attached hydrogens (tertiary/aromatic N) is 1. The fraction of sp³-hybridized carbons (Fsp3) is 0.846. The first kappa shape index (κ1) is 15.8. The van der Waals surface area contributed by atoms with Gasteiger partial charge in [-0.15, -0.1) is 0 Å². The van der Waals surface area contributed by atoms with E-state index in [1.165, 1.54) is 0 Å². The van der Waals surface area contributed by atoms with E-state index in [0.717, 1.165) is 25.9 Å². The Balaban J connectivity index is 2.16. The number of ether oxygens (including phenoxy) is 1. The number of aliphatic carboxylic acids is 1. The van der Waals surface area contributed by atoms with Crippen LogP contribution < -0.4 is 5.32 Å². The van der Waals surface area contributed by atoms with E-state index in [0.29, 0.717) is 32.7 Å². The molecule has 0 aliphatic carbocycles. The number of piperidine rings is 1. The smallest absolute Gasteiger partial charge is 0.317 e. The van der Waals surface area contributed by atoms with Gasteiger partial charge in [-0.3, -0.25) is 4.79 Å². The van der Waals surface area contributed by atoms with E-state index in [2.05, 4.69) is 12.2 Å². The number of urea groups is 1. The Kier molecular flexibility index (Phi) is 7.25. The van der Waals surface area contributed by atoms with Gasteiger partial charge < -0.3 is 20.1 Å². The molecular formula is C13H24N2O4. The summed E-state index contributed by atoms with van der Waals surface area (Å²) in [6.07, 6.45) is 3.19. The summed E-state index contributed by atoms with van der Waals surface area (Å²) >= 11 is 0. The molecular weight excluding hydrogens is 248 g/mol. The van der Waals surface area contributed by atoms with Gasteiger partial charge in [0.05, 0.1) is 5.92 Å². The van der Waals surface area contributed by atoms with Crippen LogP contribution in [0.2, 0.25) is 0 Å². The normalized spacial score (nSPS) is 19.2. The van der Waals surface area contributed by atoms with Crippen LogP contribution >= 0.6 is 0 Å². The Morgan fingerprint density at radius 3 is 2.89 bits per heavy atom. The quantitative estimate of drug-likeness (QED) is 0.685. The van der Waals surface area contributed by atoms with Crippen LogP contribution in [0.4, 0.5) is 4.79 Å². The molecule has 0 aromatic carbocycles. The lowest BCUT2D eigenvalue weighted by Gasteiger charge is -2.30. The average Bonchev–Trinajstić information content (AvgIpc) is 2.42. The largest absolute Gasteiger partial charge is 0.481 e. The van der Waals surface area contributed by atoms with Crippen molar-refractivity contribution >= 4 is 12.0 Å². The second-order valence-electron chi connectivity index (χ2n) is 4.82. The summed E-state index contributed by atoms with van der Waals surface area (Å²) in [4.78, 5) is 24.3. The van der Waals surface area contributed by atoms with Gasteiger partial charge in [-0.05, 0) is 25.7 Å². The maximum Gasteiger partial charge on any atom is 0.317 e. The fourth-order valence-corrected chi connectivity index (χ4v) is 2.09. The molecule has 1 rings (SSSR count). The van der Waals surface area contributed by atoms with Gasteiger partial charge >= 0.3 is 12.0 Å². The highest BCUT2D eigenvalue weighted by Crippen LogP contribution is 2.16. The first-order valence-electron chi connectivity index (χ1n) is 6.98. The molecule has 0 radical (unpaired) electrons. The molecule has 1 fully saturated rings. The predicted molar refractivity (Wildman–Crippen MR) is 71.1 cm³/mol. The van der Waals surface area contributed by atoms with Crippen molar-refractivity contribution in [2.24, 2.45) is 5.92 Å². The number of carboxylic acids is 1. The number of amides is 2. The SMILES string of the molecule is CCCOCCCNC(=O)N1CCC[C@@H](C(=O)O)C1. The van der Waals surface area contributed by atoms with Crippen LogP contribution in [-0.2, 0) is 9.53 Å². The van der Waals surface area contributed by atoms with Gasteiger partial charge in [0.2, 0.25) is 0 Å². The molecule has 1 aliphatic rings. The van der Waals surface area contributed by atoms with E-state index >= 15 is 0 Å². The van der Waals surface area contributed by atoms with Crippen LogP contribution in [-0.4, -0.2) is 54.9 Å². The summed E-state index contributed by atoms with van der Waals surface area (Å²) in [5.74, 6) is -1.24. The number of hydrogen-bond acceptors (Lipinski definition) is 3. The Morgan fingerprint density at radius 2 is 2.21 bits per heavy atom. The lowest BCUT2D eigenvalue weighted by atomic mass is 9.99. The first-order chi connectivity index (χ1) is 9.15. The molecule has 1 aliphatic heterocycles. The van der Waals surface area contributed by atoms with Crippen molar-refractivity contribution in [3.8, 4) is 0 Å². The topological polar surface area (TPSA) is 78.9 Å². The molecule has 6 nitrogen and oxygen atoms in total. The van der Waals surface area contributed by atoms with Crippen molar-refractivity contribution in [2.45, 2.75) is 32.6 Å². The molecule has 110 valence electrons. The predicted octanol–water partition coefficient (Wildman–Crippen LogP) is 1.31. The molecule has 2 N–H and O–H groups in total. The third-order valence-electron chi connectivity index (χ3n) is 3.15. The molecule has 2 amide bonds. The third kappa shape index (κ3) is 5.92. The molecule has 6 heteroatoms. The van der Waals surface area contributed by atoms with Crippen molar-refractivity contribution in [1.29, 1.82) is 0 Å². The summed E-state index contributed by atoms with van der Waals surface area (Å²) in [5.41, 5.74) is 0. The number of nitrogens with one attached hydrogen (secondary N) is 1. The zero-order valence-corrected chi connectivity index (χ0v) is 11.6. The molecule has 0 aromatic rings. The molecule has 0 saturated carbocycles. The van der Waals surface area contributed by atoms with Crippen molar-refractivity contribution < 1.29 is 19.4 Å². The second-order valence-corrected chi connectivity index (χ2v) is 4.82. The Bertz CT molecular complexity index is 296. The summed E-state index contributed by atoms with van der Waals surface area (Å²) in [6, 6.07) is -0.165. The van der Waals surface area contributed by atoms with Crippen LogP contribution in [0.3, 0.4) is 0 Å². The molecule has 1 saturated heterocycles. The number of carbonyl (C=O) groups is 2. The van der Waals surface area contributed by atoms with Gasteiger partial charge in [-0.2, -0.15) is 0 Å². The molecule has 0 aromatic heterocycles. The van der Waals surface area contributed by atoms with Crippen molar-refractivity contribution in [2.75, 3.05) is 32.8 Å². The van der Waals surface area contributed by atoms with Crippen LogP contribution in [0.1, 0.15) is 32.6 Å². The number of carboxylic acid groups (broad SMARTS) is 1. The molecule has 0 unspecified atom stereocenters. The maximum absolute atomic E-state index is 11.8. The average molecular weight is 272 g/mol. The van der Waals surface area contributed by atoms with Gasteiger partial charge in [0.25, 0.3) is 0 Å². The van der Waals surface area contributed by atoms with E-state index in [1.807, 2.05) is 0 Å². The van der Waals surface area contributed by atoms with E-state index in [-0.39, 0.29) is 6.03 Å². The zero-order chi connectivity index (χ0) is 14.1. The van der Waals surface area contributed by atoms with Crippen molar-refractivity contribution in [3.05, 3.63) is 0 Å². The minimum atomic E-state index is -0.814. The minimum Gasteiger partial charge on any atom is -0.481 e. The molecule has 0 spiro atoms. The molecule has 1 atom stereocenters. The summed E-state index contributed by atoms with van der Waals surface area (Å²) in [7, 11) is 0. The minimum absolute atomic E-state index is 0.165. The summed E-state index contributed by atoms with van der Waals surface area (Å²) in [5, 5.41) is 11.8. The molecule has 19 heavy (non-hydrogen) atoms. The highest BCUT2D eigenvalue weighted by Gasteiger charge is 2.27. The number of likely N-dealkylation sites (tertiary alicyclic amines) is 1. The monoisotopic (exact) mass is 272 g/mol. The highest BCUT2D eigenvalue weighted by atomic mass is 16.5. The van der Waals surface area contributed by atoms with E-state index in [9.17, 15) is 9.59 Å². The Hall–Kier alpha value is -1.30. The van der Waals surface area contributed by atoms with Crippen LogP contribution in [0.15, 0.2) is 0 Å². The first-order valence-corrected chi connectivity index (χ1v) is 6.98. The van der Waals surface area contributed by atoms with Gasteiger partial charge in [0.15, 0.2) is 0 Å². The fourth-order valence-electron chi connectivity index (χ4n) is 2.09.